The number of nitrogens with one attached hydrogen (secondary N) is 1. The quantitative estimate of drug-likeness (QED) is 0.263. The maximum Gasteiger partial charge on any atom is 0.360 e. The van der Waals surface area contributed by atoms with Crippen molar-refractivity contribution in [3.05, 3.63) is 73.9 Å². The van der Waals surface area contributed by atoms with E-state index >= 15 is 0 Å². The zero-order valence-electron chi connectivity index (χ0n) is 19.1. The molecule has 1 N–H and O–H groups in total. The van der Waals surface area contributed by atoms with E-state index < -0.39 is 21.7 Å². The molecule has 11 nitrogen and oxygen atoms in total. The van der Waals surface area contributed by atoms with Gasteiger partial charge in [0.2, 0.25) is 10.0 Å². The normalized spacial score (nSPS) is 11.9. The Bertz CT molecular complexity index is 1480. The number of halogens is 2. The first-order valence-electron chi connectivity index (χ1n) is 9.88. The minimum absolute atomic E-state index is 0.0280. The molecule has 14 heteroatoms. The van der Waals surface area contributed by atoms with Crippen molar-refractivity contribution >= 4 is 50.6 Å². The molecule has 0 spiro atoms. The van der Waals surface area contributed by atoms with Crippen LogP contribution < -0.4 is 10.4 Å². The lowest BCUT2D eigenvalue weighted by Crippen LogP contribution is -2.26. The molecule has 2 aromatic carbocycles. The number of nitrogens with zero attached hydrogens (tertiary/aromatic N) is 4. The van der Waals surface area contributed by atoms with E-state index in [-0.39, 0.29) is 33.7 Å². The molecule has 3 aromatic rings. The fourth-order valence-corrected chi connectivity index (χ4v) is 4.39. The summed E-state index contributed by atoms with van der Waals surface area (Å²) < 4.78 is 32.8. The summed E-state index contributed by atoms with van der Waals surface area (Å²) in [6.45, 7) is 1.64. The minimum atomic E-state index is -3.64. The van der Waals surface area contributed by atoms with Crippen molar-refractivity contribution in [3.8, 4) is 5.69 Å². The van der Waals surface area contributed by atoms with Gasteiger partial charge in [-0.3, -0.25) is 9.29 Å². The number of sulfonamides is 1. The number of benzene rings is 2. The van der Waals surface area contributed by atoms with Crippen LogP contribution in [0.25, 0.3) is 5.69 Å². The second-order valence-corrected chi connectivity index (χ2v) is 9.82. The van der Waals surface area contributed by atoms with Crippen molar-refractivity contribution in [1.29, 1.82) is 0 Å². The molecule has 35 heavy (non-hydrogen) atoms. The third-order valence-electron chi connectivity index (χ3n) is 4.77. The summed E-state index contributed by atoms with van der Waals surface area (Å²) in [6, 6.07) is 9.44. The third-order valence-corrected chi connectivity index (χ3v) is 5.98. The Labute approximate surface area is 210 Å². The number of esters is 1. The van der Waals surface area contributed by atoms with Crippen LogP contribution >= 0.6 is 23.2 Å². The highest BCUT2D eigenvalue weighted by molar-refractivity contribution is 7.92. The van der Waals surface area contributed by atoms with Crippen LogP contribution in [0.5, 0.6) is 0 Å². The van der Waals surface area contributed by atoms with E-state index in [4.69, 9.17) is 32.8 Å². The van der Waals surface area contributed by atoms with E-state index in [1.54, 1.807) is 31.2 Å². The Morgan fingerprint density at radius 1 is 1.17 bits per heavy atom. The Morgan fingerprint density at radius 3 is 2.49 bits per heavy atom. The number of methoxy groups -OCH3 is 1. The van der Waals surface area contributed by atoms with Gasteiger partial charge in [-0.25, -0.2) is 18.0 Å². The predicted molar refractivity (Wildman–Crippen MR) is 132 cm³/mol. The van der Waals surface area contributed by atoms with Gasteiger partial charge in [0.1, 0.15) is 12.9 Å². The number of carbonyl (C=O) groups is 1. The third kappa shape index (κ3) is 5.84. The van der Waals surface area contributed by atoms with Crippen molar-refractivity contribution in [2.45, 2.75) is 13.5 Å². The summed E-state index contributed by atoms with van der Waals surface area (Å²) in [7, 11) is -1.12. The molecular weight excluding hydrogens is 521 g/mol. The zero-order valence-corrected chi connectivity index (χ0v) is 21.4. The van der Waals surface area contributed by atoms with Crippen molar-refractivity contribution in [3.63, 3.8) is 0 Å². The number of aromatic nitrogens is 3. The van der Waals surface area contributed by atoms with E-state index in [2.05, 4.69) is 15.0 Å². The second kappa shape index (κ2) is 10.5. The molecule has 0 radical (unpaired) electrons. The Kier molecular flexibility index (Phi) is 7.88. The SMILES string of the molecule is CO/N=C(/C(=O)OC)c1ccccc1Cn1c(C)nn(-c2cc(NS(C)(=O)=O)c(Cl)cc2Cl)c1=O. The van der Waals surface area contributed by atoms with Gasteiger partial charge < -0.3 is 9.57 Å². The van der Waals surface area contributed by atoms with Crippen LogP contribution in [-0.2, 0) is 30.9 Å². The molecule has 0 fully saturated rings. The molecule has 0 amide bonds. The molecule has 1 aromatic heterocycles. The van der Waals surface area contributed by atoms with Gasteiger partial charge >= 0.3 is 11.7 Å². The second-order valence-electron chi connectivity index (χ2n) is 7.26. The van der Waals surface area contributed by atoms with Crippen LogP contribution in [0.2, 0.25) is 10.0 Å². The Balaban J connectivity index is 2.10. The summed E-state index contributed by atoms with van der Waals surface area (Å²) in [5, 5.41) is 8.19. The van der Waals surface area contributed by atoms with Gasteiger partial charge in [0.05, 0.1) is 41.3 Å². The smallest absolute Gasteiger partial charge is 0.360 e. The van der Waals surface area contributed by atoms with Crippen LogP contribution in [0, 0.1) is 6.92 Å². The lowest BCUT2D eigenvalue weighted by Gasteiger charge is -2.11. The molecule has 0 unspecified atom stereocenters. The summed E-state index contributed by atoms with van der Waals surface area (Å²) in [5.74, 6) is -0.380. The van der Waals surface area contributed by atoms with Crippen LogP contribution in [0.15, 0.2) is 46.3 Å². The highest BCUT2D eigenvalue weighted by Crippen LogP contribution is 2.31. The maximum absolute atomic E-state index is 13.3. The molecule has 0 aliphatic rings. The first kappa shape index (κ1) is 26.3. The number of ether oxygens (including phenoxy) is 1. The molecule has 0 bridgehead atoms. The zero-order chi connectivity index (χ0) is 25.9. The molecule has 0 atom stereocenters. The molecule has 0 aliphatic carbocycles. The van der Waals surface area contributed by atoms with Gasteiger partial charge in [-0.15, -0.1) is 0 Å². The highest BCUT2D eigenvalue weighted by atomic mass is 35.5. The summed E-state index contributed by atoms with van der Waals surface area (Å²) >= 11 is 12.4. The van der Waals surface area contributed by atoms with E-state index in [0.29, 0.717) is 17.0 Å². The van der Waals surface area contributed by atoms with Crippen molar-refractivity contribution in [2.75, 3.05) is 25.2 Å². The average molecular weight is 542 g/mol. The summed E-state index contributed by atoms with van der Waals surface area (Å²) in [4.78, 5) is 30.3. The summed E-state index contributed by atoms with van der Waals surface area (Å²) in [5.41, 5.74) is 0.510. The van der Waals surface area contributed by atoms with Gasteiger partial charge in [0.25, 0.3) is 0 Å². The summed E-state index contributed by atoms with van der Waals surface area (Å²) in [6.07, 6.45) is 0.968. The molecule has 186 valence electrons. The number of rotatable bonds is 8. The average Bonchev–Trinajstić information content (AvgIpc) is 3.06. The van der Waals surface area contributed by atoms with Crippen LogP contribution in [0.3, 0.4) is 0 Å². The first-order chi connectivity index (χ1) is 16.5. The standard InChI is InChI=1S/C21H21Cl2N5O6S/c1-12-24-28(18-10-17(26-35(4,31)32)15(22)9-16(18)23)21(30)27(12)11-13-7-5-6-8-14(13)19(25-34-3)20(29)33-2/h5-10,26H,11H2,1-4H3/b25-19+. The van der Waals surface area contributed by atoms with Crippen LogP contribution in [-0.4, -0.2) is 54.9 Å². The van der Waals surface area contributed by atoms with E-state index in [0.717, 1.165) is 10.9 Å². The fraction of sp³-hybridized carbons (Fsp3) is 0.238. The van der Waals surface area contributed by atoms with Crippen molar-refractivity contribution in [1.82, 2.24) is 14.3 Å². The van der Waals surface area contributed by atoms with E-state index in [9.17, 15) is 18.0 Å². The number of hydrogen-bond acceptors (Lipinski definition) is 8. The number of oxime groups is 1. The topological polar surface area (TPSA) is 134 Å². The first-order valence-corrected chi connectivity index (χ1v) is 12.5. The van der Waals surface area contributed by atoms with Crippen LogP contribution in [0.1, 0.15) is 17.0 Å². The lowest BCUT2D eigenvalue weighted by atomic mass is 10.0. The number of aryl methyl sites for hydroxylation is 1. The molecule has 0 aliphatic heterocycles. The Morgan fingerprint density at radius 2 is 1.86 bits per heavy atom. The van der Waals surface area contributed by atoms with Gasteiger partial charge in [0, 0.05) is 5.56 Å². The minimum Gasteiger partial charge on any atom is -0.464 e. The van der Waals surface area contributed by atoms with Crippen molar-refractivity contribution < 1.29 is 22.8 Å². The van der Waals surface area contributed by atoms with Crippen LogP contribution in [0.4, 0.5) is 5.69 Å². The van der Waals surface area contributed by atoms with Crippen molar-refractivity contribution in [2.24, 2.45) is 5.16 Å². The number of anilines is 1. The monoisotopic (exact) mass is 541 g/mol. The van der Waals surface area contributed by atoms with E-state index in [1.807, 2.05) is 0 Å². The maximum atomic E-state index is 13.3. The van der Waals surface area contributed by atoms with Gasteiger partial charge in [0.15, 0.2) is 5.71 Å². The highest BCUT2D eigenvalue weighted by Gasteiger charge is 2.22. The molecule has 1 heterocycles. The largest absolute Gasteiger partial charge is 0.464 e. The molecular formula is C21H21Cl2N5O6S. The number of hydrogen-bond donors (Lipinski definition) is 1. The van der Waals surface area contributed by atoms with Gasteiger partial charge in [-0.1, -0.05) is 52.6 Å². The van der Waals surface area contributed by atoms with Gasteiger partial charge in [-0.2, -0.15) is 9.78 Å². The van der Waals surface area contributed by atoms with Gasteiger partial charge in [-0.05, 0) is 24.6 Å². The molecule has 0 saturated heterocycles. The number of carbonyl (C=O) groups excluding carboxylic acids is 1. The Hall–Kier alpha value is -3.35. The molecule has 0 saturated carbocycles. The van der Waals surface area contributed by atoms with E-state index in [1.165, 1.54) is 30.9 Å². The molecule has 3 rings (SSSR count). The predicted octanol–water partition coefficient (Wildman–Crippen LogP) is 2.59. The lowest BCUT2D eigenvalue weighted by molar-refractivity contribution is -0.132. The fourth-order valence-electron chi connectivity index (χ4n) is 3.25.